The number of thioether (sulfide) groups is 1. The monoisotopic (exact) mass is 318 g/mol. The molecule has 0 aromatic heterocycles. The Morgan fingerprint density at radius 1 is 1.38 bits per heavy atom. The molecule has 21 heavy (non-hydrogen) atoms. The van der Waals surface area contributed by atoms with Crippen LogP contribution in [0.25, 0.3) is 0 Å². The summed E-state index contributed by atoms with van der Waals surface area (Å²) in [5.41, 5.74) is -1.77. The summed E-state index contributed by atoms with van der Waals surface area (Å²) in [5.74, 6) is -4.81. The molecule has 1 aromatic rings. The Hall–Kier alpha value is -2.23. The molecule has 112 valence electrons. The second-order valence-corrected chi connectivity index (χ2v) is 5.17. The van der Waals surface area contributed by atoms with Crippen molar-refractivity contribution in [2.45, 2.75) is 6.04 Å². The number of nitrogens with zero attached hydrogens (tertiary/aromatic N) is 2. The Kier molecular flexibility index (Phi) is 4.07. The third kappa shape index (κ3) is 2.79. The minimum Gasteiger partial charge on any atom is -0.480 e. The van der Waals surface area contributed by atoms with E-state index in [9.17, 15) is 28.5 Å². The van der Waals surface area contributed by atoms with Gasteiger partial charge in [0.1, 0.15) is 11.9 Å². The van der Waals surface area contributed by atoms with E-state index in [0.29, 0.717) is 6.07 Å². The molecule has 0 bridgehead atoms. The highest BCUT2D eigenvalue weighted by molar-refractivity contribution is 7.99. The van der Waals surface area contributed by atoms with Crippen molar-refractivity contribution >= 4 is 29.3 Å². The number of aliphatic carboxylic acids is 1. The predicted octanol–water partition coefficient (Wildman–Crippen LogP) is 1.47. The van der Waals surface area contributed by atoms with Crippen molar-refractivity contribution < 1.29 is 28.4 Å². The van der Waals surface area contributed by atoms with Crippen molar-refractivity contribution in [2.75, 3.05) is 11.6 Å². The summed E-state index contributed by atoms with van der Waals surface area (Å²) < 4.78 is 26.9. The first kappa shape index (κ1) is 15.2. The van der Waals surface area contributed by atoms with Crippen LogP contribution in [-0.2, 0) is 4.79 Å². The zero-order chi connectivity index (χ0) is 15.7. The van der Waals surface area contributed by atoms with Crippen LogP contribution in [0.5, 0.6) is 0 Å². The fourth-order valence-corrected chi connectivity index (χ4v) is 2.99. The quantitative estimate of drug-likeness (QED) is 0.669. The van der Waals surface area contributed by atoms with Crippen LogP contribution in [0.15, 0.2) is 12.1 Å². The molecule has 1 amide bonds. The van der Waals surface area contributed by atoms with E-state index in [1.54, 1.807) is 0 Å². The lowest BCUT2D eigenvalue weighted by Gasteiger charge is -2.20. The molecule has 0 saturated carbocycles. The minimum atomic E-state index is -1.40. The van der Waals surface area contributed by atoms with Gasteiger partial charge in [-0.25, -0.2) is 9.18 Å². The Labute approximate surface area is 120 Å². The van der Waals surface area contributed by atoms with Crippen molar-refractivity contribution in [3.63, 3.8) is 0 Å². The topological polar surface area (TPSA) is 101 Å². The maximum absolute atomic E-state index is 13.7. The Morgan fingerprint density at radius 2 is 2.05 bits per heavy atom. The summed E-state index contributed by atoms with van der Waals surface area (Å²) in [6.07, 6.45) is 0. The number of carbonyl (C=O) groups excluding carboxylic acids is 1. The van der Waals surface area contributed by atoms with Crippen molar-refractivity contribution in [3.05, 3.63) is 39.4 Å². The summed E-state index contributed by atoms with van der Waals surface area (Å²) in [5, 5.41) is 19.6. The predicted molar refractivity (Wildman–Crippen MR) is 67.9 cm³/mol. The molecule has 7 nitrogen and oxygen atoms in total. The largest absolute Gasteiger partial charge is 0.480 e. The first-order valence-corrected chi connectivity index (χ1v) is 6.73. The van der Waals surface area contributed by atoms with Gasteiger partial charge in [-0.2, -0.15) is 4.39 Å². The van der Waals surface area contributed by atoms with Gasteiger partial charge in [-0.05, 0) is 0 Å². The third-order valence-corrected chi connectivity index (χ3v) is 3.90. The lowest BCUT2D eigenvalue weighted by atomic mass is 10.1. The summed E-state index contributed by atoms with van der Waals surface area (Å²) in [6, 6.07) is -0.426. The number of amides is 1. The molecule has 0 aliphatic carbocycles. The number of carbonyl (C=O) groups is 2. The third-order valence-electron chi connectivity index (χ3n) is 2.89. The highest BCUT2D eigenvalue weighted by Crippen LogP contribution is 2.27. The SMILES string of the molecule is O=C(O)C1CSCN1C(=O)c1cc([N+](=O)[O-])c(F)cc1F. The zero-order valence-corrected chi connectivity index (χ0v) is 11.1. The number of hydrogen-bond donors (Lipinski definition) is 1. The van der Waals surface area contributed by atoms with Gasteiger partial charge in [-0.15, -0.1) is 11.8 Å². The molecule has 10 heteroatoms. The molecular formula is C11H8F2N2O5S. The van der Waals surface area contributed by atoms with E-state index in [2.05, 4.69) is 0 Å². The van der Waals surface area contributed by atoms with Crippen molar-refractivity contribution in [1.82, 2.24) is 4.90 Å². The fraction of sp³-hybridized carbons (Fsp3) is 0.273. The molecule has 1 heterocycles. The number of rotatable bonds is 3. The first-order chi connectivity index (χ1) is 9.82. The molecule has 1 saturated heterocycles. The van der Waals surface area contributed by atoms with Crippen molar-refractivity contribution in [1.29, 1.82) is 0 Å². The average molecular weight is 318 g/mol. The van der Waals surface area contributed by atoms with E-state index >= 15 is 0 Å². The molecule has 1 atom stereocenters. The van der Waals surface area contributed by atoms with Gasteiger partial charge in [0.25, 0.3) is 5.91 Å². The summed E-state index contributed by atoms with van der Waals surface area (Å²) in [4.78, 5) is 33.5. The summed E-state index contributed by atoms with van der Waals surface area (Å²) >= 11 is 1.15. The van der Waals surface area contributed by atoms with Crippen molar-refractivity contribution in [2.24, 2.45) is 0 Å². The van der Waals surface area contributed by atoms with E-state index in [4.69, 9.17) is 5.11 Å². The van der Waals surface area contributed by atoms with E-state index in [0.717, 1.165) is 16.7 Å². The second kappa shape index (κ2) is 5.64. The van der Waals surface area contributed by atoms with Crippen LogP contribution in [0.1, 0.15) is 10.4 Å². The molecule has 1 aromatic carbocycles. The van der Waals surface area contributed by atoms with Crippen LogP contribution in [-0.4, -0.2) is 44.5 Å². The van der Waals surface area contributed by atoms with Gasteiger partial charge in [0.15, 0.2) is 0 Å². The van der Waals surface area contributed by atoms with Crippen LogP contribution in [0.4, 0.5) is 14.5 Å². The highest BCUT2D eigenvalue weighted by Gasteiger charge is 2.36. The molecule has 1 aliphatic rings. The van der Waals surface area contributed by atoms with Crippen LogP contribution in [0, 0.1) is 21.7 Å². The number of nitro benzene ring substituents is 1. The maximum atomic E-state index is 13.7. The van der Waals surface area contributed by atoms with Crippen LogP contribution in [0.3, 0.4) is 0 Å². The normalized spacial score (nSPS) is 17.8. The van der Waals surface area contributed by atoms with Gasteiger partial charge < -0.3 is 10.0 Å². The Bertz CT molecular complexity index is 639. The van der Waals surface area contributed by atoms with Gasteiger partial charge in [-0.1, -0.05) is 0 Å². The number of benzene rings is 1. The van der Waals surface area contributed by atoms with Gasteiger partial charge in [0.2, 0.25) is 5.82 Å². The van der Waals surface area contributed by atoms with Gasteiger partial charge in [-0.3, -0.25) is 14.9 Å². The summed E-state index contributed by atoms with van der Waals surface area (Å²) in [7, 11) is 0. The second-order valence-electron chi connectivity index (χ2n) is 4.17. The number of hydrogen-bond acceptors (Lipinski definition) is 5. The molecule has 0 spiro atoms. The lowest BCUT2D eigenvalue weighted by Crippen LogP contribution is -2.42. The van der Waals surface area contributed by atoms with Crippen LogP contribution in [0.2, 0.25) is 0 Å². The van der Waals surface area contributed by atoms with Gasteiger partial charge in [0, 0.05) is 17.9 Å². The Morgan fingerprint density at radius 3 is 2.62 bits per heavy atom. The van der Waals surface area contributed by atoms with Crippen LogP contribution < -0.4 is 0 Å². The number of halogens is 2. The average Bonchev–Trinajstić information content (AvgIpc) is 2.86. The Balaban J connectivity index is 2.41. The van der Waals surface area contributed by atoms with E-state index in [-0.39, 0.29) is 17.7 Å². The maximum Gasteiger partial charge on any atom is 0.327 e. The summed E-state index contributed by atoms with van der Waals surface area (Å²) in [6.45, 7) is 0. The molecule has 1 N–H and O–H groups in total. The fourth-order valence-electron chi connectivity index (χ4n) is 1.84. The number of nitro groups is 1. The minimum absolute atomic E-state index is 0.0143. The van der Waals surface area contributed by atoms with E-state index in [1.807, 2.05) is 0 Å². The molecule has 1 unspecified atom stereocenters. The molecular weight excluding hydrogens is 310 g/mol. The van der Waals surface area contributed by atoms with E-state index in [1.165, 1.54) is 0 Å². The highest BCUT2D eigenvalue weighted by atomic mass is 32.2. The molecule has 0 radical (unpaired) electrons. The number of carboxylic acids is 1. The smallest absolute Gasteiger partial charge is 0.327 e. The van der Waals surface area contributed by atoms with E-state index < -0.39 is 45.7 Å². The zero-order valence-electron chi connectivity index (χ0n) is 10.3. The van der Waals surface area contributed by atoms with Crippen molar-refractivity contribution in [3.8, 4) is 0 Å². The number of carboxylic acid groups (broad SMARTS) is 1. The molecule has 1 fully saturated rings. The molecule has 2 rings (SSSR count). The van der Waals surface area contributed by atoms with Crippen LogP contribution >= 0.6 is 11.8 Å². The van der Waals surface area contributed by atoms with Gasteiger partial charge in [0.05, 0.1) is 16.4 Å². The lowest BCUT2D eigenvalue weighted by molar-refractivity contribution is -0.387. The standard InChI is InChI=1S/C11H8F2N2O5S/c12-6-2-7(13)8(15(19)20)1-5(6)10(16)14-4-21-3-9(14)11(17)18/h1-2,9H,3-4H2,(H,17,18). The molecule has 1 aliphatic heterocycles. The van der Waals surface area contributed by atoms with Gasteiger partial charge >= 0.3 is 11.7 Å². The first-order valence-electron chi connectivity index (χ1n) is 5.58.